The fourth-order valence-electron chi connectivity index (χ4n) is 3.11. The van der Waals surface area contributed by atoms with Gasteiger partial charge in [-0.05, 0) is 66.9 Å². The first-order valence-electron chi connectivity index (χ1n) is 9.57. The molecule has 0 aliphatic rings. The quantitative estimate of drug-likeness (QED) is 0.440. The summed E-state index contributed by atoms with van der Waals surface area (Å²) in [5.74, 6) is 0.794. The molecule has 0 aliphatic heterocycles. The average molecular weight is 465 g/mol. The van der Waals surface area contributed by atoms with Crippen LogP contribution in [0.25, 0.3) is 23.0 Å². The summed E-state index contributed by atoms with van der Waals surface area (Å²) in [6, 6.07) is 17.6. The molecule has 4 rings (SSSR count). The highest BCUT2D eigenvalue weighted by atomic mass is 79.9. The number of aryl methyl sites for hydroxylation is 2. The third kappa shape index (κ3) is 4.52. The average Bonchev–Trinajstić information content (AvgIpc) is 3.39. The van der Waals surface area contributed by atoms with E-state index in [2.05, 4.69) is 57.4 Å². The predicted octanol–water partition coefficient (Wildman–Crippen LogP) is 4.90. The van der Waals surface area contributed by atoms with Crippen molar-refractivity contribution in [3.63, 3.8) is 0 Å². The number of rotatable bonds is 6. The smallest absolute Gasteiger partial charge is 0.274 e. The Morgan fingerprint density at radius 3 is 2.67 bits per heavy atom. The Balaban J connectivity index is 1.43. The second-order valence-electron chi connectivity index (χ2n) is 7.15. The molecule has 152 valence electrons. The van der Waals surface area contributed by atoms with Crippen LogP contribution in [-0.2, 0) is 17.9 Å². The summed E-state index contributed by atoms with van der Waals surface area (Å²) in [7, 11) is 0. The molecule has 0 saturated carbocycles. The van der Waals surface area contributed by atoms with E-state index >= 15 is 0 Å². The number of hydrogen-bond acceptors (Lipinski definition) is 4. The number of halogens is 1. The molecule has 0 radical (unpaired) electrons. The summed E-state index contributed by atoms with van der Waals surface area (Å²) in [5, 5.41) is 7.04. The van der Waals surface area contributed by atoms with E-state index in [0.717, 1.165) is 15.6 Å². The third-order valence-electron chi connectivity index (χ3n) is 4.95. The van der Waals surface area contributed by atoms with Crippen LogP contribution >= 0.6 is 15.9 Å². The molecule has 4 aromatic rings. The fourth-order valence-corrected chi connectivity index (χ4v) is 3.38. The maximum Gasteiger partial charge on any atom is 0.274 e. The van der Waals surface area contributed by atoms with Gasteiger partial charge in [0.1, 0.15) is 12.2 Å². The second-order valence-corrected chi connectivity index (χ2v) is 8.06. The fraction of sp³-hybridized carbons (Fsp3) is 0.174. The molecule has 0 saturated heterocycles. The normalized spacial score (nSPS) is 10.9. The van der Waals surface area contributed by atoms with Gasteiger partial charge in [-0.1, -0.05) is 39.3 Å². The van der Waals surface area contributed by atoms with Gasteiger partial charge < -0.3 is 14.4 Å². The van der Waals surface area contributed by atoms with Gasteiger partial charge in [0, 0.05) is 22.8 Å². The number of nitrogens with zero attached hydrogens (tertiary/aromatic N) is 3. The standard InChI is InChI=1S/C23H21BrN4O2/c1-15-5-6-17(12-16(15)2)13-25-21(29)14-28-11-3-4-20(28)23-26-22(27-30-23)18-7-9-19(24)10-8-18/h3-12H,13-14H2,1-2H3,(H,25,29). The molecule has 1 amide bonds. The molecule has 0 atom stereocenters. The number of amides is 1. The highest BCUT2D eigenvalue weighted by Crippen LogP contribution is 2.24. The van der Waals surface area contributed by atoms with Crippen LogP contribution < -0.4 is 5.32 Å². The SMILES string of the molecule is Cc1ccc(CNC(=O)Cn2cccc2-c2nc(-c3ccc(Br)cc3)no2)cc1C. The van der Waals surface area contributed by atoms with E-state index in [1.165, 1.54) is 11.1 Å². The molecule has 2 aromatic heterocycles. The van der Waals surface area contributed by atoms with Gasteiger partial charge in [0.15, 0.2) is 0 Å². The third-order valence-corrected chi connectivity index (χ3v) is 5.48. The van der Waals surface area contributed by atoms with Crippen LogP contribution in [0.5, 0.6) is 0 Å². The monoisotopic (exact) mass is 464 g/mol. The van der Waals surface area contributed by atoms with Gasteiger partial charge in [-0.15, -0.1) is 0 Å². The lowest BCUT2D eigenvalue weighted by Gasteiger charge is -2.09. The lowest BCUT2D eigenvalue weighted by Crippen LogP contribution is -2.27. The van der Waals surface area contributed by atoms with E-state index in [1.54, 1.807) is 4.57 Å². The number of aromatic nitrogens is 3. The zero-order valence-electron chi connectivity index (χ0n) is 16.7. The minimum absolute atomic E-state index is 0.0849. The Labute approximate surface area is 183 Å². The van der Waals surface area contributed by atoms with Crippen molar-refractivity contribution in [2.75, 3.05) is 0 Å². The topological polar surface area (TPSA) is 73.0 Å². The summed E-state index contributed by atoms with van der Waals surface area (Å²) >= 11 is 3.42. The first kappa shape index (κ1) is 20.1. The number of carbonyl (C=O) groups is 1. The Morgan fingerprint density at radius 2 is 1.90 bits per heavy atom. The molecule has 0 unspecified atom stereocenters. The maximum absolute atomic E-state index is 12.5. The molecule has 6 nitrogen and oxygen atoms in total. The summed E-state index contributed by atoms with van der Waals surface area (Å²) in [5.41, 5.74) is 5.09. The van der Waals surface area contributed by atoms with Gasteiger partial charge >= 0.3 is 0 Å². The van der Waals surface area contributed by atoms with Crippen LogP contribution in [0, 0.1) is 13.8 Å². The highest BCUT2D eigenvalue weighted by Gasteiger charge is 2.15. The van der Waals surface area contributed by atoms with E-state index in [0.29, 0.717) is 24.0 Å². The molecule has 2 heterocycles. The Hall–Kier alpha value is -3.19. The van der Waals surface area contributed by atoms with E-state index in [1.807, 2.05) is 48.7 Å². The predicted molar refractivity (Wildman–Crippen MR) is 119 cm³/mol. The minimum Gasteiger partial charge on any atom is -0.350 e. The summed E-state index contributed by atoms with van der Waals surface area (Å²) in [6.45, 7) is 4.80. The zero-order chi connectivity index (χ0) is 21.1. The maximum atomic E-state index is 12.5. The zero-order valence-corrected chi connectivity index (χ0v) is 18.3. The summed E-state index contributed by atoms with van der Waals surface area (Å²) in [6.07, 6.45) is 1.83. The number of carbonyl (C=O) groups excluding carboxylic acids is 1. The Kier molecular flexibility index (Phi) is 5.81. The summed E-state index contributed by atoms with van der Waals surface area (Å²) in [4.78, 5) is 17.0. The second kappa shape index (κ2) is 8.67. The van der Waals surface area contributed by atoms with Crippen LogP contribution in [0.1, 0.15) is 16.7 Å². The van der Waals surface area contributed by atoms with Crippen molar-refractivity contribution >= 4 is 21.8 Å². The molecular weight excluding hydrogens is 444 g/mol. The molecule has 0 aliphatic carbocycles. The molecule has 1 N–H and O–H groups in total. The molecular formula is C23H21BrN4O2. The first-order valence-corrected chi connectivity index (χ1v) is 10.4. The van der Waals surface area contributed by atoms with Gasteiger partial charge in [-0.25, -0.2) is 0 Å². The lowest BCUT2D eigenvalue weighted by molar-refractivity contribution is -0.121. The number of benzene rings is 2. The van der Waals surface area contributed by atoms with Crippen molar-refractivity contribution in [3.8, 4) is 23.0 Å². The van der Waals surface area contributed by atoms with E-state index in [-0.39, 0.29) is 12.5 Å². The molecule has 30 heavy (non-hydrogen) atoms. The minimum atomic E-state index is -0.0849. The van der Waals surface area contributed by atoms with Gasteiger partial charge in [-0.3, -0.25) is 4.79 Å². The van der Waals surface area contributed by atoms with Crippen LogP contribution in [0.4, 0.5) is 0 Å². The Morgan fingerprint density at radius 1 is 1.10 bits per heavy atom. The van der Waals surface area contributed by atoms with Crippen molar-refractivity contribution in [1.29, 1.82) is 0 Å². The van der Waals surface area contributed by atoms with E-state index in [9.17, 15) is 4.79 Å². The largest absolute Gasteiger partial charge is 0.350 e. The van der Waals surface area contributed by atoms with Crippen LogP contribution in [0.2, 0.25) is 0 Å². The van der Waals surface area contributed by atoms with Crippen molar-refractivity contribution in [1.82, 2.24) is 20.0 Å². The van der Waals surface area contributed by atoms with Crippen molar-refractivity contribution in [3.05, 3.63) is 82.0 Å². The van der Waals surface area contributed by atoms with Crippen molar-refractivity contribution in [2.24, 2.45) is 0 Å². The van der Waals surface area contributed by atoms with Gasteiger partial charge in [0.05, 0.1) is 0 Å². The molecule has 0 spiro atoms. The van der Waals surface area contributed by atoms with E-state index < -0.39 is 0 Å². The molecule has 7 heteroatoms. The molecule has 0 bridgehead atoms. The highest BCUT2D eigenvalue weighted by molar-refractivity contribution is 9.10. The summed E-state index contributed by atoms with van der Waals surface area (Å²) < 4.78 is 8.23. The van der Waals surface area contributed by atoms with Crippen LogP contribution in [0.3, 0.4) is 0 Å². The van der Waals surface area contributed by atoms with Gasteiger partial charge in [0.2, 0.25) is 11.7 Å². The van der Waals surface area contributed by atoms with E-state index in [4.69, 9.17) is 4.52 Å². The number of nitrogens with one attached hydrogen (secondary N) is 1. The Bertz CT molecular complexity index is 1180. The molecule has 0 fully saturated rings. The first-order chi connectivity index (χ1) is 14.5. The van der Waals surface area contributed by atoms with Gasteiger partial charge in [0.25, 0.3) is 5.89 Å². The van der Waals surface area contributed by atoms with Crippen LogP contribution in [0.15, 0.2) is 69.8 Å². The lowest BCUT2D eigenvalue weighted by atomic mass is 10.1. The van der Waals surface area contributed by atoms with Crippen molar-refractivity contribution in [2.45, 2.75) is 26.9 Å². The van der Waals surface area contributed by atoms with Crippen LogP contribution in [-0.4, -0.2) is 20.6 Å². The van der Waals surface area contributed by atoms with Crippen molar-refractivity contribution < 1.29 is 9.32 Å². The number of hydrogen-bond donors (Lipinski definition) is 1. The van der Waals surface area contributed by atoms with Gasteiger partial charge in [-0.2, -0.15) is 4.98 Å². The molecule has 2 aromatic carbocycles.